The maximum Gasteiger partial charge on any atom is 0.276 e. The summed E-state index contributed by atoms with van der Waals surface area (Å²) < 4.78 is 5.09. The normalized spacial score (nSPS) is 15.7. The number of nitrogens with one attached hydrogen (secondary N) is 1. The molecule has 2 aliphatic rings. The summed E-state index contributed by atoms with van der Waals surface area (Å²) >= 11 is 0. The third kappa shape index (κ3) is 4.46. The number of pyridine rings is 2. The summed E-state index contributed by atoms with van der Waals surface area (Å²) in [4.78, 5) is 45.7. The van der Waals surface area contributed by atoms with E-state index < -0.39 is 11.5 Å². The number of hydrogen-bond acceptors (Lipinski definition) is 6. The molecule has 4 aromatic heterocycles. The number of aliphatic hydroxyl groups excluding tert-OH is 1. The molecule has 0 unspecified atom stereocenters. The van der Waals surface area contributed by atoms with Crippen molar-refractivity contribution in [1.82, 2.24) is 23.9 Å². The fourth-order valence-electron chi connectivity index (χ4n) is 6.06. The number of carbonyl (C=O) groups excluding carboxylic acids is 2. The van der Waals surface area contributed by atoms with E-state index in [0.717, 1.165) is 18.5 Å². The Morgan fingerprint density at radius 1 is 1.12 bits per heavy atom. The van der Waals surface area contributed by atoms with Crippen molar-refractivity contribution in [1.29, 1.82) is 0 Å². The van der Waals surface area contributed by atoms with Crippen molar-refractivity contribution >= 4 is 23.3 Å². The number of hydrogen-bond donors (Lipinski definition) is 2. The zero-order chi connectivity index (χ0) is 29.2. The molecular weight excluding hydrogens is 522 g/mol. The minimum absolute atomic E-state index is 0.0740. The second-order valence-corrected chi connectivity index (χ2v) is 11.8. The first-order valence-electron chi connectivity index (χ1n) is 13.6. The number of aliphatic hydroxyl groups is 1. The Kier molecular flexibility index (Phi) is 6.22. The van der Waals surface area contributed by atoms with Crippen molar-refractivity contribution < 1.29 is 14.7 Å². The van der Waals surface area contributed by atoms with Gasteiger partial charge in [-0.3, -0.25) is 24.0 Å². The maximum atomic E-state index is 13.7. The molecule has 0 saturated heterocycles. The first-order chi connectivity index (χ1) is 19.5. The smallest absolute Gasteiger partial charge is 0.276 e. The van der Waals surface area contributed by atoms with Crippen LogP contribution in [0, 0.1) is 12.3 Å². The molecule has 0 radical (unpaired) electrons. The van der Waals surface area contributed by atoms with Crippen LogP contribution in [0.15, 0.2) is 41.5 Å². The molecule has 5 heterocycles. The average molecular weight is 556 g/mol. The van der Waals surface area contributed by atoms with E-state index in [1.165, 1.54) is 15.8 Å². The summed E-state index contributed by atoms with van der Waals surface area (Å²) in [6, 6.07) is 6.95. The van der Waals surface area contributed by atoms with Crippen molar-refractivity contribution in [3.63, 3.8) is 0 Å². The lowest BCUT2D eigenvalue weighted by molar-refractivity contribution is 0.0961. The summed E-state index contributed by atoms with van der Waals surface area (Å²) in [6.45, 7) is 7.02. The molecule has 0 bridgehead atoms. The molecule has 11 heteroatoms. The number of rotatable bonds is 5. The number of nitrogens with zero attached hydrogens (tertiary/aromatic N) is 6. The number of aromatic nitrogens is 5. The monoisotopic (exact) mass is 555 g/mol. The van der Waals surface area contributed by atoms with Gasteiger partial charge < -0.3 is 19.6 Å². The van der Waals surface area contributed by atoms with Crippen LogP contribution in [0.4, 0.5) is 11.5 Å². The highest BCUT2D eigenvalue weighted by atomic mass is 16.3. The fourth-order valence-corrected chi connectivity index (χ4v) is 6.06. The topological polar surface area (TPSA) is 127 Å². The van der Waals surface area contributed by atoms with Crippen LogP contribution in [0.1, 0.15) is 57.3 Å². The average Bonchev–Trinajstić information content (AvgIpc) is 3.55. The van der Waals surface area contributed by atoms with Gasteiger partial charge in [0, 0.05) is 62.1 Å². The van der Waals surface area contributed by atoms with E-state index >= 15 is 0 Å². The van der Waals surface area contributed by atoms with Crippen LogP contribution in [0.3, 0.4) is 0 Å². The first-order valence-corrected chi connectivity index (χ1v) is 13.6. The molecule has 1 aliphatic heterocycles. The lowest BCUT2D eigenvalue weighted by atomic mass is 9.90. The molecule has 212 valence electrons. The van der Waals surface area contributed by atoms with Gasteiger partial charge >= 0.3 is 0 Å². The molecule has 1 aliphatic carbocycles. The predicted octanol–water partition coefficient (Wildman–Crippen LogP) is 2.82. The zero-order valence-corrected chi connectivity index (χ0v) is 23.9. The summed E-state index contributed by atoms with van der Waals surface area (Å²) in [7, 11) is 3.33. The lowest BCUT2D eigenvalue weighted by Gasteiger charge is -2.31. The van der Waals surface area contributed by atoms with Gasteiger partial charge in [-0.2, -0.15) is 5.10 Å². The van der Waals surface area contributed by atoms with Gasteiger partial charge in [0.15, 0.2) is 5.69 Å². The Hall–Kier alpha value is -4.51. The molecular formula is C30H33N7O4. The number of amides is 2. The second kappa shape index (κ2) is 9.55. The SMILES string of the molecule is Cc1cc(C(=O)Nc2cc(-c3ccnc(N4CCn5c(cc6c5CC(C)(C)C6)C4=O)c3CO)cn(C)c2=O)nn1C. The van der Waals surface area contributed by atoms with Crippen molar-refractivity contribution in [2.45, 2.75) is 46.8 Å². The van der Waals surface area contributed by atoms with Gasteiger partial charge in [0.1, 0.15) is 17.2 Å². The number of carbonyl (C=O) groups is 2. The number of aryl methyl sites for hydroxylation is 3. The Morgan fingerprint density at radius 3 is 2.61 bits per heavy atom. The van der Waals surface area contributed by atoms with Gasteiger partial charge in [-0.15, -0.1) is 0 Å². The quantitative estimate of drug-likeness (QED) is 0.390. The van der Waals surface area contributed by atoms with Crippen LogP contribution in [0.5, 0.6) is 0 Å². The zero-order valence-electron chi connectivity index (χ0n) is 23.9. The summed E-state index contributed by atoms with van der Waals surface area (Å²) in [6.07, 6.45) is 5.11. The van der Waals surface area contributed by atoms with Gasteiger partial charge in [-0.25, -0.2) is 4.98 Å². The number of anilines is 2. The van der Waals surface area contributed by atoms with Gasteiger partial charge in [0.2, 0.25) is 0 Å². The molecule has 2 N–H and O–H groups in total. The molecule has 2 amide bonds. The highest BCUT2D eigenvalue weighted by Crippen LogP contribution is 2.40. The van der Waals surface area contributed by atoms with Crippen molar-refractivity contribution in [2.75, 3.05) is 16.8 Å². The van der Waals surface area contributed by atoms with Crippen molar-refractivity contribution in [3.8, 4) is 11.1 Å². The molecule has 6 rings (SSSR count). The van der Waals surface area contributed by atoms with Crippen LogP contribution in [-0.4, -0.2) is 47.4 Å². The van der Waals surface area contributed by atoms with Gasteiger partial charge in [-0.1, -0.05) is 13.8 Å². The van der Waals surface area contributed by atoms with E-state index in [1.54, 1.807) is 54.3 Å². The van der Waals surface area contributed by atoms with E-state index in [0.29, 0.717) is 41.3 Å². The highest BCUT2D eigenvalue weighted by Gasteiger charge is 2.37. The molecule has 0 aromatic carbocycles. The number of fused-ring (bicyclic) bond motifs is 3. The van der Waals surface area contributed by atoms with Gasteiger partial charge in [-0.05, 0) is 60.6 Å². The van der Waals surface area contributed by atoms with Gasteiger partial charge in [0.25, 0.3) is 17.4 Å². The summed E-state index contributed by atoms with van der Waals surface area (Å²) in [5.74, 6) is -0.272. The second-order valence-electron chi connectivity index (χ2n) is 11.8. The van der Waals surface area contributed by atoms with Crippen LogP contribution in [0.2, 0.25) is 0 Å². The minimum atomic E-state index is -0.502. The van der Waals surface area contributed by atoms with E-state index in [4.69, 9.17) is 0 Å². The van der Waals surface area contributed by atoms with E-state index in [-0.39, 0.29) is 29.3 Å². The van der Waals surface area contributed by atoms with E-state index in [2.05, 4.69) is 33.8 Å². The third-order valence-corrected chi connectivity index (χ3v) is 8.16. The van der Waals surface area contributed by atoms with Crippen LogP contribution in [-0.2, 0) is 40.1 Å². The van der Waals surface area contributed by atoms with Crippen LogP contribution >= 0.6 is 0 Å². The van der Waals surface area contributed by atoms with Crippen LogP contribution < -0.4 is 15.8 Å². The fraction of sp³-hybridized carbons (Fsp3) is 0.367. The molecule has 0 fully saturated rings. The molecule has 11 nitrogen and oxygen atoms in total. The van der Waals surface area contributed by atoms with E-state index in [1.807, 2.05) is 13.0 Å². The molecule has 0 spiro atoms. The molecule has 41 heavy (non-hydrogen) atoms. The van der Waals surface area contributed by atoms with Crippen molar-refractivity contribution in [3.05, 3.63) is 80.9 Å². The summed E-state index contributed by atoms with van der Waals surface area (Å²) in [5, 5.41) is 17.4. The van der Waals surface area contributed by atoms with Gasteiger partial charge in [0.05, 0.1) is 6.61 Å². The van der Waals surface area contributed by atoms with Crippen LogP contribution in [0.25, 0.3) is 11.1 Å². The van der Waals surface area contributed by atoms with E-state index in [9.17, 15) is 19.5 Å². The standard InChI is InChI=1S/C30H33N7O4/c1-17-10-22(33-35(17)5)27(39)32-23-11-19(15-34(4)28(23)40)20-6-7-31-26(21(20)16-38)37-9-8-36-24(29(37)41)12-18-13-30(2,3)14-25(18)36/h6-7,10-12,15,38H,8-9,13-14,16H2,1-5H3,(H,32,39). The summed E-state index contributed by atoms with van der Waals surface area (Å²) in [5.41, 5.74) is 5.64. The Bertz CT molecular complexity index is 1770. The largest absolute Gasteiger partial charge is 0.392 e. The molecule has 0 atom stereocenters. The third-order valence-electron chi connectivity index (χ3n) is 8.16. The Morgan fingerprint density at radius 2 is 1.90 bits per heavy atom. The Balaban J connectivity index is 1.35. The Labute approximate surface area is 237 Å². The van der Waals surface area contributed by atoms with Crippen molar-refractivity contribution in [2.24, 2.45) is 19.5 Å². The lowest BCUT2D eigenvalue weighted by Crippen LogP contribution is -2.41. The molecule has 0 saturated carbocycles. The maximum absolute atomic E-state index is 13.7. The predicted molar refractivity (Wildman–Crippen MR) is 154 cm³/mol. The minimum Gasteiger partial charge on any atom is -0.392 e. The molecule has 4 aromatic rings. The highest BCUT2D eigenvalue weighted by molar-refractivity contribution is 6.06. The first kappa shape index (κ1) is 26.7.